The van der Waals surface area contributed by atoms with E-state index in [9.17, 15) is 4.79 Å². The predicted octanol–water partition coefficient (Wildman–Crippen LogP) is 0.749. The maximum atomic E-state index is 12.7. The van der Waals surface area contributed by atoms with Crippen LogP contribution in [0.2, 0.25) is 0 Å². The Kier molecular flexibility index (Phi) is 4.21. The summed E-state index contributed by atoms with van der Waals surface area (Å²) in [5.74, 6) is 1.11. The Morgan fingerprint density at radius 2 is 2.09 bits per heavy atom. The van der Waals surface area contributed by atoms with Crippen LogP contribution >= 0.6 is 0 Å². The molecular weight excluding hydrogens is 292 g/mol. The Hall–Kier alpha value is -2.15. The summed E-state index contributed by atoms with van der Waals surface area (Å²) in [6.45, 7) is 6.49. The summed E-state index contributed by atoms with van der Waals surface area (Å²) < 4.78 is 3.81. The molecule has 3 heterocycles. The lowest BCUT2D eigenvalue weighted by molar-refractivity contribution is -0.135. The van der Waals surface area contributed by atoms with Gasteiger partial charge in [-0.15, -0.1) is 0 Å². The average molecular weight is 316 g/mol. The van der Waals surface area contributed by atoms with Gasteiger partial charge in [-0.1, -0.05) is 0 Å². The van der Waals surface area contributed by atoms with Crippen molar-refractivity contribution in [3.8, 4) is 0 Å². The van der Waals surface area contributed by atoms with E-state index < -0.39 is 0 Å². The summed E-state index contributed by atoms with van der Waals surface area (Å²) in [5, 5.41) is 4.39. The number of piperazine rings is 1. The van der Waals surface area contributed by atoms with E-state index >= 15 is 0 Å². The molecule has 1 fully saturated rings. The quantitative estimate of drug-likeness (QED) is 0.838. The highest BCUT2D eigenvalue weighted by atomic mass is 16.2. The lowest BCUT2D eigenvalue weighted by atomic mass is 10.1. The van der Waals surface area contributed by atoms with Gasteiger partial charge in [0.15, 0.2) is 0 Å². The Balaban J connectivity index is 1.72. The number of likely N-dealkylation sites (N-methyl/N-ethyl adjacent to an activating group) is 1. The first kappa shape index (κ1) is 15.7. The van der Waals surface area contributed by atoms with Crippen molar-refractivity contribution in [1.29, 1.82) is 0 Å². The number of amides is 1. The number of hydrogen-bond acceptors (Lipinski definition) is 4. The highest BCUT2D eigenvalue weighted by molar-refractivity contribution is 5.76. The monoisotopic (exact) mass is 316 g/mol. The fraction of sp³-hybridized carbons (Fsp3) is 0.562. The molecule has 2 aromatic heterocycles. The summed E-state index contributed by atoms with van der Waals surface area (Å²) in [6, 6.07) is 2.13. The number of carbonyl (C=O) groups excluding carboxylic acids is 1. The average Bonchev–Trinajstić information content (AvgIpc) is 3.05. The normalized spacial score (nSPS) is 19.3. The van der Waals surface area contributed by atoms with E-state index in [0.717, 1.165) is 30.3 Å². The van der Waals surface area contributed by atoms with Crippen LogP contribution in [0, 0.1) is 13.8 Å². The first-order valence-corrected chi connectivity index (χ1v) is 7.92. The van der Waals surface area contributed by atoms with Crippen LogP contribution in [-0.4, -0.2) is 61.7 Å². The Morgan fingerprint density at radius 1 is 1.30 bits per heavy atom. The van der Waals surface area contributed by atoms with Crippen molar-refractivity contribution in [3.05, 3.63) is 35.7 Å². The molecule has 1 atom stereocenters. The molecule has 7 nitrogen and oxygen atoms in total. The molecule has 3 rings (SSSR count). The molecule has 0 aliphatic carbocycles. The molecule has 0 spiro atoms. The zero-order valence-electron chi connectivity index (χ0n) is 14.2. The molecule has 0 saturated carbocycles. The number of carbonyl (C=O) groups is 1. The van der Waals surface area contributed by atoms with E-state index in [1.54, 1.807) is 10.9 Å². The van der Waals surface area contributed by atoms with Crippen molar-refractivity contribution in [3.63, 3.8) is 0 Å². The Morgan fingerprint density at radius 3 is 2.70 bits per heavy atom. The molecule has 1 unspecified atom stereocenters. The topological polar surface area (TPSA) is 59.2 Å². The maximum Gasteiger partial charge on any atom is 0.244 e. The van der Waals surface area contributed by atoms with Crippen molar-refractivity contribution in [2.24, 2.45) is 7.05 Å². The number of imidazole rings is 1. The largest absolute Gasteiger partial charge is 0.338 e. The highest BCUT2D eigenvalue weighted by Crippen LogP contribution is 2.22. The molecule has 1 amide bonds. The maximum absolute atomic E-state index is 12.7. The summed E-state index contributed by atoms with van der Waals surface area (Å²) in [6.07, 6.45) is 3.75. The number of rotatable bonds is 3. The third-order valence-corrected chi connectivity index (χ3v) is 4.55. The molecule has 2 aromatic rings. The molecular formula is C16H24N6O. The molecule has 124 valence electrons. The number of hydrogen-bond donors (Lipinski definition) is 0. The second kappa shape index (κ2) is 6.16. The smallest absolute Gasteiger partial charge is 0.244 e. The summed E-state index contributed by atoms with van der Waals surface area (Å²) in [7, 11) is 4.08. The number of nitrogens with zero attached hydrogens (tertiary/aromatic N) is 6. The van der Waals surface area contributed by atoms with Gasteiger partial charge in [-0.25, -0.2) is 4.98 Å². The summed E-state index contributed by atoms with van der Waals surface area (Å²) in [5.41, 5.74) is 1.96. The molecule has 1 saturated heterocycles. The van der Waals surface area contributed by atoms with Crippen LogP contribution in [0.1, 0.15) is 23.3 Å². The van der Waals surface area contributed by atoms with E-state index in [2.05, 4.69) is 22.0 Å². The fourth-order valence-corrected chi connectivity index (χ4v) is 3.14. The first-order chi connectivity index (χ1) is 11.0. The van der Waals surface area contributed by atoms with Crippen molar-refractivity contribution < 1.29 is 4.79 Å². The Bertz CT molecular complexity index is 703. The minimum absolute atomic E-state index is 0.114. The van der Waals surface area contributed by atoms with E-state index in [4.69, 9.17) is 0 Å². The van der Waals surface area contributed by atoms with Crippen LogP contribution in [0.5, 0.6) is 0 Å². The van der Waals surface area contributed by atoms with Crippen LogP contribution in [0.15, 0.2) is 18.5 Å². The fourth-order valence-electron chi connectivity index (χ4n) is 3.14. The van der Waals surface area contributed by atoms with Gasteiger partial charge in [0.1, 0.15) is 12.4 Å². The molecule has 0 bridgehead atoms. The minimum atomic E-state index is 0.114. The first-order valence-electron chi connectivity index (χ1n) is 7.92. The van der Waals surface area contributed by atoms with E-state index in [0.29, 0.717) is 13.1 Å². The molecule has 0 aromatic carbocycles. The molecule has 7 heteroatoms. The van der Waals surface area contributed by atoms with Crippen molar-refractivity contribution in [2.75, 3.05) is 26.7 Å². The van der Waals surface area contributed by atoms with Gasteiger partial charge in [0.05, 0.1) is 11.7 Å². The van der Waals surface area contributed by atoms with Gasteiger partial charge in [-0.3, -0.25) is 14.4 Å². The van der Waals surface area contributed by atoms with Gasteiger partial charge in [-0.05, 0) is 27.0 Å². The van der Waals surface area contributed by atoms with Crippen LogP contribution in [0.3, 0.4) is 0 Å². The van der Waals surface area contributed by atoms with Crippen LogP contribution in [0.25, 0.3) is 0 Å². The standard InChI is InChI=1S/C16H24N6O/c1-12-9-13(2)22(18-12)11-15(23)21-8-7-19(3)14(10-21)16-17-5-6-20(16)4/h5-6,9,14H,7-8,10-11H2,1-4H3. The van der Waals surface area contributed by atoms with Gasteiger partial charge in [0.2, 0.25) is 5.91 Å². The number of aromatic nitrogens is 4. The highest BCUT2D eigenvalue weighted by Gasteiger charge is 2.30. The van der Waals surface area contributed by atoms with Crippen LogP contribution in [0.4, 0.5) is 0 Å². The van der Waals surface area contributed by atoms with Gasteiger partial charge in [-0.2, -0.15) is 5.10 Å². The van der Waals surface area contributed by atoms with Crippen molar-refractivity contribution in [2.45, 2.75) is 26.4 Å². The molecule has 0 radical (unpaired) electrons. The lowest BCUT2D eigenvalue weighted by Gasteiger charge is -2.39. The van der Waals surface area contributed by atoms with Crippen molar-refractivity contribution in [1.82, 2.24) is 29.1 Å². The third kappa shape index (κ3) is 3.14. The van der Waals surface area contributed by atoms with Gasteiger partial charge in [0, 0.05) is 44.8 Å². The summed E-state index contributed by atoms with van der Waals surface area (Å²) >= 11 is 0. The molecule has 1 aliphatic heterocycles. The van der Waals surface area contributed by atoms with Crippen LogP contribution < -0.4 is 0 Å². The molecule has 23 heavy (non-hydrogen) atoms. The Labute approximate surface area is 136 Å². The van der Waals surface area contributed by atoms with Gasteiger partial charge in [0.25, 0.3) is 0 Å². The van der Waals surface area contributed by atoms with E-state index in [1.165, 1.54) is 0 Å². The van der Waals surface area contributed by atoms with Crippen LogP contribution in [-0.2, 0) is 18.4 Å². The summed E-state index contributed by atoms with van der Waals surface area (Å²) in [4.78, 5) is 21.3. The van der Waals surface area contributed by atoms with Gasteiger partial charge < -0.3 is 9.47 Å². The zero-order valence-corrected chi connectivity index (χ0v) is 14.2. The van der Waals surface area contributed by atoms with E-state index in [1.807, 2.05) is 42.6 Å². The third-order valence-electron chi connectivity index (χ3n) is 4.55. The molecule has 1 aliphatic rings. The zero-order chi connectivity index (χ0) is 16.6. The lowest BCUT2D eigenvalue weighted by Crippen LogP contribution is -2.50. The number of aryl methyl sites for hydroxylation is 3. The molecule has 0 N–H and O–H groups in total. The minimum Gasteiger partial charge on any atom is -0.338 e. The second-order valence-electron chi connectivity index (χ2n) is 6.32. The van der Waals surface area contributed by atoms with Gasteiger partial charge >= 0.3 is 0 Å². The van der Waals surface area contributed by atoms with Crippen molar-refractivity contribution >= 4 is 5.91 Å². The van der Waals surface area contributed by atoms with E-state index in [-0.39, 0.29) is 11.9 Å². The SMILES string of the molecule is Cc1cc(C)n(CC(=O)N2CCN(C)C(c3nccn3C)C2)n1. The predicted molar refractivity (Wildman–Crippen MR) is 86.9 cm³/mol. The second-order valence-corrected chi connectivity index (χ2v) is 6.32.